The minimum atomic E-state index is -0.318. The zero-order valence-electron chi connectivity index (χ0n) is 9.07. The summed E-state index contributed by atoms with van der Waals surface area (Å²) in [5.41, 5.74) is 2.67. The Morgan fingerprint density at radius 3 is 2.33 bits per heavy atom. The number of aryl methyl sites for hydroxylation is 2. The van der Waals surface area contributed by atoms with E-state index in [0.29, 0.717) is 5.75 Å². The molecule has 4 heteroatoms. The van der Waals surface area contributed by atoms with E-state index in [1.54, 1.807) is 6.21 Å². The van der Waals surface area contributed by atoms with Crippen LogP contribution in [0.15, 0.2) is 17.2 Å². The van der Waals surface area contributed by atoms with Gasteiger partial charge >= 0.3 is 5.97 Å². The van der Waals surface area contributed by atoms with Crippen LogP contribution in [0.5, 0.6) is 5.75 Å². The molecule has 2 N–H and O–H groups in total. The summed E-state index contributed by atoms with van der Waals surface area (Å²) >= 11 is 0. The van der Waals surface area contributed by atoms with E-state index < -0.39 is 0 Å². The first-order chi connectivity index (χ1) is 7.04. The van der Waals surface area contributed by atoms with Crippen LogP contribution in [0.2, 0.25) is 0 Å². The molecule has 0 aliphatic carbocycles. The van der Waals surface area contributed by atoms with Crippen molar-refractivity contribution in [2.45, 2.75) is 20.8 Å². The van der Waals surface area contributed by atoms with Crippen molar-refractivity contribution in [3.05, 3.63) is 28.8 Å². The van der Waals surface area contributed by atoms with Gasteiger partial charge in [-0.2, -0.15) is 5.10 Å². The molecular formula is C11H14N2O2. The highest BCUT2D eigenvalue weighted by atomic mass is 16.5. The molecule has 0 spiro atoms. The van der Waals surface area contributed by atoms with Crippen molar-refractivity contribution in [1.29, 1.82) is 0 Å². The van der Waals surface area contributed by atoms with Crippen LogP contribution in [-0.2, 0) is 4.79 Å². The third-order valence-corrected chi connectivity index (χ3v) is 1.95. The Bertz CT molecular complexity index is 388. The summed E-state index contributed by atoms with van der Waals surface area (Å²) in [4.78, 5) is 10.9. The van der Waals surface area contributed by atoms with Gasteiger partial charge in [-0.25, -0.2) is 0 Å². The number of hydrogen-bond donors (Lipinski definition) is 1. The van der Waals surface area contributed by atoms with Crippen LogP contribution in [0.1, 0.15) is 23.6 Å². The van der Waals surface area contributed by atoms with E-state index in [9.17, 15) is 4.79 Å². The second kappa shape index (κ2) is 4.59. The SMILES string of the molecule is CC(=O)Oc1c(C)cc(C=NN)cc1C. The Kier molecular flexibility index (Phi) is 3.44. The quantitative estimate of drug-likeness (QED) is 0.262. The summed E-state index contributed by atoms with van der Waals surface area (Å²) in [5, 5.41) is 3.45. The second-order valence-electron chi connectivity index (χ2n) is 3.36. The number of hydrazone groups is 1. The summed E-state index contributed by atoms with van der Waals surface area (Å²) < 4.78 is 5.09. The van der Waals surface area contributed by atoms with Crippen LogP contribution in [-0.4, -0.2) is 12.2 Å². The Balaban J connectivity index is 3.14. The lowest BCUT2D eigenvalue weighted by Gasteiger charge is -2.09. The molecule has 4 nitrogen and oxygen atoms in total. The van der Waals surface area contributed by atoms with E-state index in [-0.39, 0.29) is 5.97 Å². The number of rotatable bonds is 2. The molecule has 0 aliphatic heterocycles. The van der Waals surface area contributed by atoms with E-state index in [4.69, 9.17) is 10.6 Å². The van der Waals surface area contributed by atoms with Crippen molar-refractivity contribution >= 4 is 12.2 Å². The lowest BCUT2D eigenvalue weighted by molar-refractivity contribution is -0.131. The van der Waals surface area contributed by atoms with Gasteiger partial charge in [-0.3, -0.25) is 4.79 Å². The van der Waals surface area contributed by atoms with Crippen LogP contribution < -0.4 is 10.6 Å². The third kappa shape index (κ3) is 2.80. The van der Waals surface area contributed by atoms with Crippen molar-refractivity contribution < 1.29 is 9.53 Å². The molecule has 0 unspecified atom stereocenters. The molecule has 0 saturated carbocycles. The van der Waals surface area contributed by atoms with Gasteiger partial charge in [0, 0.05) is 6.92 Å². The fraction of sp³-hybridized carbons (Fsp3) is 0.273. The van der Waals surface area contributed by atoms with Crippen molar-refractivity contribution in [3.63, 3.8) is 0 Å². The maximum absolute atomic E-state index is 10.9. The fourth-order valence-electron chi connectivity index (χ4n) is 1.45. The number of carbonyl (C=O) groups excluding carboxylic acids is 1. The van der Waals surface area contributed by atoms with Crippen molar-refractivity contribution in [2.75, 3.05) is 0 Å². The number of hydrogen-bond acceptors (Lipinski definition) is 4. The monoisotopic (exact) mass is 206 g/mol. The van der Waals surface area contributed by atoms with Crippen LogP contribution in [0.25, 0.3) is 0 Å². The summed E-state index contributed by atoms with van der Waals surface area (Å²) in [6, 6.07) is 3.73. The van der Waals surface area contributed by atoms with E-state index in [1.807, 2.05) is 26.0 Å². The molecule has 0 radical (unpaired) electrons. The number of nitrogens with zero attached hydrogens (tertiary/aromatic N) is 1. The van der Waals surface area contributed by atoms with Crippen LogP contribution in [0.3, 0.4) is 0 Å². The lowest BCUT2D eigenvalue weighted by atomic mass is 10.1. The first-order valence-electron chi connectivity index (χ1n) is 4.57. The number of carbonyl (C=O) groups is 1. The van der Waals surface area contributed by atoms with Crippen LogP contribution in [0, 0.1) is 13.8 Å². The fourth-order valence-corrected chi connectivity index (χ4v) is 1.45. The molecule has 1 aromatic rings. The van der Waals surface area contributed by atoms with Gasteiger partial charge in [0.15, 0.2) is 0 Å². The third-order valence-electron chi connectivity index (χ3n) is 1.95. The minimum Gasteiger partial charge on any atom is -0.426 e. The van der Waals surface area contributed by atoms with Gasteiger partial charge in [0.05, 0.1) is 6.21 Å². The highest BCUT2D eigenvalue weighted by molar-refractivity contribution is 5.81. The molecule has 0 bridgehead atoms. The number of benzene rings is 1. The Morgan fingerprint density at radius 2 is 1.93 bits per heavy atom. The normalized spacial score (nSPS) is 10.6. The molecule has 0 aliphatic rings. The van der Waals surface area contributed by atoms with Crippen molar-refractivity contribution in [1.82, 2.24) is 0 Å². The molecule has 0 heterocycles. The first-order valence-corrected chi connectivity index (χ1v) is 4.57. The molecule has 0 fully saturated rings. The maximum Gasteiger partial charge on any atom is 0.308 e. The van der Waals surface area contributed by atoms with Crippen molar-refractivity contribution in [2.24, 2.45) is 10.9 Å². The van der Waals surface area contributed by atoms with Crippen LogP contribution in [0.4, 0.5) is 0 Å². The first kappa shape index (κ1) is 11.2. The van der Waals surface area contributed by atoms with Gasteiger partial charge in [0.25, 0.3) is 0 Å². The molecule has 1 aromatic carbocycles. The molecule has 0 aromatic heterocycles. The molecule has 0 saturated heterocycles. The van der Waals surface area contributed by atoms with E-state index in [2.05, 4.69) is 5.10 Å². The standard InChI is InChI=1S/C11H14N2O2/c1-7-4-10(6-13-12)5-8(2)11(7)15-9(3)14/h4-6H,12H2,1-3H3. The minimum absolute atomic E-state index is 0.318. The van der Waals surface area contributed by atoms with Crippen molar-refractivity contribution in [3.8, 4) is 5.75 Å². The van der Waals surface area contributed by atoms with Crippen LogP contribution >= 0.6 is 0 Å². The number of esters is 1. The Morgan fingerprint density at radius 1 is 1.40 bits per heavy atom. The van der Waals surface area contributed by atoms with E-state index >= 15 is 0 Å². The summed E-state index contributed by atoms with van der Waals surface area (Å²) in [6.07, 6.45) is 1.55. The largest absolute Gasteiger partial charge is 0.426 e. The maximum atomic E-state index is 10.9. The molecule has 15 heavy (non-hydrogen) atoms. The van der Waals surface area contributed by atoms with Gasteiger partial charge in [-0.1, -0.05) is 0 Å². The van der Waals surface area contributed by atoms with Gasteiger partial charge < -0.3 is 10.6 Å². The predicted molar refractivity (Wildman–Crippen MR) is 59.0 cm³/mol. The predicted octanol–water partition coefficient (Wildman–Crippen LogP) is 1.52. The highest BCUT2D eigenvalue weighted by Crippen LogP contribution is 2.24. The second-order valence-corrected chi connectivity index (χ2v) is 3.36. The Hall–Kier alpha value is -1.84. The highest BCUT2D eigenvalue weighted by Gasteiger charge is 2.07. The van der Waals surface area contributed by atoms with Gasteiger partial charge in [0.2, 0.25) is 0 Å². The summed E-state index contributed by atoms with van der Waals surface area (Å²) in [7, 11) is 0. The van der Waals surface area contributed by atoms with E-state index in [0.717, 1.165) is 16.7 Å². The summed E-state index contributed by atoms with van der Waals surface area (Å²) in [5.74, 6) is 5.35. The molecule has 0 amide bonds. The number of ether oxygens (including phenoxy) is 1. The molecule has 1 rings (SSSR count). The zero-order valence-corrected chi connectivity index (χ0v) is 9.07. The summed E-state index contributed by atoms with van der Waals surface area (Å²) in [6.45, 7) is 5.13. The number of nitrogens with two attached hydrogens (primary N) is 1. The molecular weight excluding hydrogens is 192 g/mol. The molecule has 80 valence electrons. The topological polar surface area (TPSA) is 64.7 Å². The van der Waals surface area contributed by atoms with Gasteiger partial charge in [0.1, 0.15) is 5.75 Å². The van der Waals surface area contributed by atoms with Gasteiger partial charge in [-0.15, -0.1) is 0 Å². The smallest absolute Gasteiger partial charge is 0.308 e. The Labute approximate surface area is 88.7 Å². The average molecular weight is 206 g/mol. The molecule has 0 atom stereocenters. The average Bonchev–Trinajstić information content (AvgIpc) is 2.11. The zero-order chi connectivity index (χ0) is 11.4. The van der Waals surface area contributed by atoms with Gasteiger partial charge in [-0.05, 0) is 42.7 Å². The van der Waals surface area contributed by atoms with E-state index in [1.165, 1.54) is 6.92 Å². The lowest BCUT2D eigenvalue weighted by Crippen LogP contribution is -2.05.